The largest absolute Gasteiger partial charge is 0.310 e. The Morgan fingerprint density at radius 3 is 1.56 bits per heavy atom. The molecule has 2 aliphatic carbocycles. The van der Waals surface area contributed by atoms with Crippen molar-refractivity contribution >= 4 is 77.6 Å². The number of nitrogens with zero attached hydrogens (tertiary/aromatic N) is 2. The molecule has 0 spiro atoms. The number of para-hydroxylation sites is 4. The van der Waals surface area contributed by atoms with E-state index in [2.05, 4.69) is 250 Å². The third kappa shape index (κ3) is 5.74. The predicted octanol–water partition coefficient (Wildman–Crippen LogP) is 18.8. The first-order valence-corrected chi connectivity index (χ1v) is 24.9. The summed E-state index contributed by atoms with van der Waals surface area (Å²) in [4.78, 5) is 4.96. The van der Waals surface area contributed by atoms with Crippen LogP contribution in [0.25, 0.3) is 65.7 Å². The van der Waals surface area contributed by atoms with E-state index < -0.39 is 0 Å². The van der Waals surface area contributed by atoms with Crippen LogP contribution < -0.4 is 9.80 Å². The Hall–Kier alpha value is -8.20. The van der Waals surface area contributed by atoms with Crippen molar-refractivity contribution in [3.8, 4) is 22.3 Å². The van der Waals surface area contributed by atoms with Gasteiger partial charge in [-0.25, -0.2) is 0 Å². The van der Waals surface area contributed by atoms with E-state index in [0.717, 1.165) is 52.3 Å². The van der Waals surface area contributed by atoms with Gasteiger partial charge in [-0.1, -0.05) is 180 Å². The van der Waals surface area contributed by atoms with Gasteiger partial charge in [0.1, 0.15) is 0 Å². The maximum Gasteiger partial charge on any atom is 0.0540 e. The predicted molar refractivity (Wildman–Crippen MR) is 298 cm³/mol. The van der Waals surface area contributed by atoms with Crippen LogP contribution in [0.15, 0.2) is 218 Å². The molecule has 0 amide bonds. The summed E-state index contributed by atoms with van der Waals surface area (Å²) in [5.74, 6) is 0. The first kappa shape index (κ1) is 40.8. The van der Waals surface area contributed by atoms with E-state index in [9.17, 15) is 0 Å². The van der Waals surface area contributed by atoms with Crippen LogP contribution in [0.2, 0.25) is 0 Å². The molecule has 2 heterocycles. The van der Waals surface area contributed by atoms with Gasteiger partial charge in [0.25, 0.3) is 0 Å². The molecule has 2 nitrogen and oxygen atoms in total. The number of anilines is 6. The number of fused-ring (bicyclic) bond motifs is 9. The lowest BCUT2D eigenvalue weighted by Crippen LogP contribution is -2.30. The first-order valence-electron chi connectivity index (χ1n) is 24.9. The molecule has 0 atom stereocenters. The summed E-state index contributed by atoms with van der Waals surface area (Å²) in [5.41, 5.74) is 23.5. The van der Waals surface area contributed by atoms with Gasteiger partial charge in [0.2, 0.25) is 0 Å². The van der Waals surface area contributed by atoms with Crippen molar-refractivity contribution in [1.29, 1.82) is 0 Å². The topological polar surface area (TPSA) is 6.48 Å². The normalized spacial score (nSPS) is 16.0. The maximum absolute atomic E-state index is 4.63. The van der Waals surface area contributed by atoms with Crippen LogP contribution in [-0.2, 0) is 10.8 Å². The van der Waals surface area contributed by atoms with Gasteiger partial charge in [0.05, 0.1) is 22.7 Å². The number of benzene rings is 10. The van der Waals surface area contributed by atoms with Crippen LogP contribution >= 0.6 is 0 Å². The molecule has 0 bridgehead atoms. The zero-order chi connectivity index (χ0) is 47.0. The molecule has 0 saturated heterocycles. The van der Waals surface area contributed by atoms with Gasteiger partial charge in [-0.05, 0) is 167 Å². The molecule has 2 aliphatic heterocycles. The van der Waals surface area contributed by atoms with Crippen molar-refractivity contribution in [2.45, 2.75) is 51.4 Å². The maximum atomic E-state index is 4.63. The number of rotatable bonds is 4. The lowest BCUT2D eigenvalue weighted by atomic mass is 9.73. The Labute approximate surface area is 410 Å². The fraction of sp³-hybridized carbons (Fsp3) is 0.118. The summed E-state index contributed by atoms with van der Waals surface area (Å²) in [6.07, 6.45) is 6.94. The lowest BCUT2D eigenvalue weighted by Gasteiger charge is -2.42. The minimum atomic E-state index is -0.161. The smallest absolute Gasteiger partial charge is 0.0540 e. The second-order valence-corrected chi connectivity index (χ2v) is 20.8. The Balaban J connectivity index is 1.10. The van der Waals surface area contributed by atoms with E-state index in [-0.39, 0.29) is 10.8 Å². The highest BCUT2D eigenvalue weighted by Crippen LogP contribution is 2.56. The molecule has 0 radical (unpaired) electrons. The van der Waals surface area contributed by atoms with E-state index in [1.165, 1.54) is 99.3 Å². The average molecular weight is 897 g/mol. The van der Waals surface area contributed by atoms with E-state index in [4.69, 9.17) is 0 Å². The molecule has 0 N–H and O–H groups in total. The van der Waals surface area contributed by atoms with E-state index in [1.807, 2.05) is 0 Å². The van der Waals surface area contributed by atoms with E-state index in [1.54, 1.807) is 0 Å². The monoisotopic (exact) mass is 896 g/mol. The molecule has 10 aromatic carbocycles. The van der Waals surface area contributed by atoms with Gasteiger partial charge in [-0.3, -0.25) is 0 Å². The van der Waals surface area contributed by atoms with Crippen LogP contribution in [0.3, 0.4) is 0 Å². The van der Waals surface area contributed by atoms with Gasteiger partial charge in [0, 0.05) is 33.3 Å². The molecule has 334 valence electrons. The molecule has 10 aromatic rings. The summed E-state index contributed by atoms with van der Waals surface area (Å²) in [7, 11) is 0. The van der Waals surface area contributed by atoms with Crippen LogP contribution in [-0.4, -0.2) is 0 Å². The first-order chi connectivity index (χ1) is 34.2. The van der Waals surface area contributed by atoms with Gasteiger partial charge >= 0.3 is 0 Å². The summed E-state index contributed by atoms with van der Waals surface area (Å²) in [5, 5.41) is 7.38. The molecule has 0 aromatic heterocycles. The van der Waals surface area contributed by atoms with E-state index in [0.29, 0.717) is 0 Å². The number of allylic oxidation sites excluding steroid dienone is 4. The highest BCUT2D eigenvalue weighted by Gasteiger charge is 2.39. The Kier molecular flexibility index (Phi) is 8.69. The van der Waals surface area contributed by atoms with Crippen molar-refractivity contribution in [2.75, 3.05) is 9.80 Å². The molecular formula is C68H52N2. The molecule has 14 rings (SSSR count). The standard InChI is InChI=1S/C68H52N2/c1-42-49-20-9-14-26-61(49)69(62-27-15-10-21-50(42)62)47-33-36-53-56(40-47)66(46-32-35-52-51-22-8-11-23-57(51)67(2,3)60(52)39-46)54-37-34-48(41-55(54)65(53)45-31-30-43-18-6-7-19-44(43)38-45)70-63-28-16-12-24-58(63)68(4,5)59-25-13-17-29-64(59)70/h6-7,9-21,23-41H,1,8,22H2,2-5H3. The molecule has 0 unspecified atom stereocenters. The number of hydrogen-bond acceptors (Lipinski definition) is 2. The molecule has 4 aliphatic rings. The van der Waals surface area contributed by atoms with Crippen molar-refractivity contribution in [1.82, 2.24) is 0 Å². The minimum Gasteiger partial charge on any atom is -0.310 e. The molecule has 0 fully saturated rings. The summed E-state index contributed by atoms with van der Waals surface area (Å²) in [6, 6.07) is 73.2. The van der Waals surface area contributed by atoms with Gasteiger partial charge in [-0.2, -0.15) is 0 Å². The van der Waals surface area contributed by atoms with Crippen molar-refractivity contribution in [3.63, 3.8) is 0 Å². The Morgan fingerprint density at radius 2 is 0.929 bits per heavy atom. The van der Waals surface area contributed by atoms with Crippen LogP contribution in [0.4, 0.5) is 34.1 Å². The van der Waals surface area contributed by atoms with Crippen molar-refractivity contribution < 1.29 is 0 Å². The van der Waals surface area contributed by atoms with Gasteiger partial charge in [-0.15, -0.1) is 0 Å². The second-order valence-electron chi connectivity index (χ2n) is 20.8. The van der Waals surface area contributed by atoms with Gasteiger partial charge in [0.15, 0.2) is 0 Å². The summed E-state index contributed by atoms with van der Waals surface area (Å²) >= 11 is 0. The lowest BCUT2D eigenvalue weighted by molar-refractivity contribution is 0.632. The summed E-state index contributed by atoms with van der Waals surface area (Å²) in [6.45, 7) is 14.2. The Morgan fingerprint density at radius 1 is 0.414 bits per heavy atom. The number of hydrogen-bond donors (Lipinski definition) is 0. The zero-order valence-electron chi connectivity index (χ0n) is 40.1. The highest BCUT2D eigenvalue weighted by atomic mass is 15.2. The molecular weight excluding hydrogens is 845 g/mol. The molecule has 0 saturated carbocycles. The highest BCUT2D eigenvalue weighted by molar-refractivity contribution is 6.23. The van der Waals surface area contributed by atoms with Crippen molar-refractivity contribution in [3.05, 3.63) is 252 Å². The molecule has 70 heavy (non-hydrogen) atoms. The van der Waals surface area contributed by atoms with E-state index >= 15 is 0 Å². The van der Waals surface area contributed by atoms with Crippen LogP contribution in [0.1, 0.15) is 73.9 Å². The van der Waals surface area contributed by atoms with Crippen LogP contribution in [0, 0.1) is 0 Å². The third-order valence-corrected chi connectivity index (χ3v) is 16.4. The van der Waals surface area contributed by atoms with Gasteiger partial charge < -0.3 is 9.80 Å². The van der Waals surface area contributed by atoms with Crippen LogP contribution in [0.5, 0.6) is 0 Å². The molecule has 2 heteroatoms. The quantitative estimate of drug-likeness (QED) is 0.162. The second kappa shape index (κ2) is 14.9. The van der Waals surface area contributed by atoms with Crippen molar-refractivity contribution in [2.24, 2.45) is 0 Å². The summed E-state index contributed by atoms with van der Waals surface area (Å²) < 4.78 is 0. The SMILES string of the molecule is C=C1c2ccccc2N(c2ccc3c(-c4ccc5ccccc5c4)c4cc(N5c6ccccc6C(C)(C)c6ccccc65)ccc4c(-c4ccc5c(c4)C(C)(C)C4=C5CCC=C4)c3c2)c2ccccc21. The Bertz CT molecular complexity index is 3890. The fourth-order valence-electron chi connectivity index (χ4n) is 13.0. The zero-order valence-corrected chi connectivity index (χ0v) is 40.1. The average Bonchev–Trinajstić information content (AvgIpc) is 3.63. The fourth-order valence-corrected chi connectivity index (χ4v) is 13.0. The third-order valence-electron chi connectivity index (χ3n) is 16.4. The minimum absolute atomic E-state index is 0.112.